The molecule has 0 aliphatic heterocycles. The average molecular weight is 257 g/mol. The van der Waals surface area contributed by atoms with Gasteiger partial charge in [-0.2, -0.15) is 0 Å². The Kier molecular flexibility index (Phi) is 4.92. The van der Waals surface area contributed by atoms with Gasteiger partial charge < -0.3 is 11.1 Å². The molecule has 0 aliphatic rings. The largest absolute Gasteiger partial charge is 0.383 e. The first-order valence-corrected chi connectivity index (χ1v) is 7.07. The van der Waals surface area contributed by atoms with Crippen LogP contribution in [0.1, 0.15) is 19.8 Å². The highest BCUT2D eigenvalue weighted by Gasteiger charge is 2.07. The van der Waals surface area contributed by atoms with E-state index in [2.05, 4.69) is 12.2 Å². The van der Waals surface area contributed by atoms with Crippen molar-refractivity contribution in [3.05, 3.63) is 24.3 Å². The standard InChI is InChI=1S/C11H19N3O2S/c1-9(3-2-8-12)14-10-4-6-11(7-5-10)17(13,15)16/h4-7,9,14H,2-3,8,12H2,1H3,(H2,13,15,16). The summed E-state index contributed by atoms with van der Waals surface area (Å²) in [6, 6.07) is 6.71. The number of primary sulfonamides is 1. The fourth-order valence-corrected chi connectivity index (χ4v) is 2.04. The fourth-order valence-electron chi connectivity index (χ4n) is 1.52. The molecule has 96 valence electrons. The fraction of sp³-hybridized carbons (Fsp3) is 0.455. The van der Waals surface area contributed by atoms with Crippen molar-refractivity contribution in [1.82, 2.24) is 0 Å². The molecule has 0 saturated heterocycles. The van der Waals surface area contributed by atoms with Crippen LogP contribution in [0.2, 0.25) is 0 Å². The van der Waals surface area contributed by atoms with Crippen molar-refractivity contribution in [2.75, 3.05) is 11.9 Å². The number of rotatable bonds is 6. The van der Waals surface area contributed by atoms with E-state index in [-0.39, 0.29) is 4.90 Å². The van der Waals surface area contributed by atoms with Gasteiger partial charge >= 0.3 is 0 Å². The predicted molar refractivity (Wildman–Crippen MR) is 69.2 cm³/mol. The van der Waals surface area contributed by atoms with Gasteiger partial charge in [-0.05, 0) is 50.6 Å². The summed E-state index contributed by atoms with van der Waals surface area (Å²) in [5.41, 5.74) is 6.31. The van der Waals surface area contributed by atoms with Crippen LogP contribution in [0.15, 0.2) is 29.2 Å². The van der Waals surface area contributed by atoms with Gasteiger partial charge in [0.25, 0.3) is 0 Å². The maximum atomic E-state index is 11.1. The molecule has 0 heterocycles. The molecule has 0 saturated carbocycles. The van der Waals surface area contributed by atoms with Crippen LogP contribution in [-0.4, -0.2) is 21.0 Å². The van der Waals surface area contributed by atoms with Crippen LogP contribution in [0.5, 0.6) is 0 Å². The lowest BCUT2D eigenvalue weighted by molar-refractivity contribution is 0.598. The number of benzene rings is 1. The van der Waals surface area contributed by atoms with Crippen molar-refractivity contribution < 1.29 is 8.42 Å². The summed E-state index contributed by atoms with van der Waals surface area (Å²) < 4.78 is 22.1. The average Bonchev–Trinajstić information content (AvgIpc) is 2.26. The minimum atomic E-state index is -3.61. The summed E-state index contributed by atoms with van der Waals surface area (Å²) in [5, 5.41) is 8.28. The molecule has 1 rings (SSSR count). The Morgan fingerprint density at radius 2 is 1.88 bits per heavy atom. The lowest BCUT2D eigenvalue weighted by atomic mass is 10.1. The van der Waals surface area contributed by atoms with Crippen molar-refractivity contribution in [1.29, 1.82) is 0 Å². The van der Waals surface area contributed by atoms with E-state index in [1.807, 2.05) is 0 Å². The van der Waals surface area contributed by atoms with Crippen LogP contribution in [0.3, 0.4) is 0 Å². The summed E-state index contributed by atoms with van der Waals surface area (Å²) in [4.78, 5) is 0.123. The first kappa shape index (κ1) is 14.0. The molecular weight excluding hydrogens is 238 g/mol. The molecule has 0 fully saturated rings. The maximum absolute atomic E-state index is 11.1. The second-order valence-electron chi connectivity index (χ2n) is 4.05. The number of nitrogens with two attached hydrogens (primary N) is 2. The smallest absolute Gasteiger partial charge is 0.238 e. The molecule has 17 heavy (non-hydrogen) atoms. The molecule has 1 atom stereocenters. The highest BCUT2D eigenvalue weighted by atomic mass is 32.2. The van der Waals surface area contributed by atoms with E-state index in [9.17, 15) is 8.42 Å². The third-order valence-electron chi connectivity index (χ3n) is 2.44. The van der Waals surface area contributed by atoms with Gasteiger partial charge in [-0.25, -0.2) is 13.6 Å². The SMILES string of the molecule is CC(CCCN)Nc1ccc(S(N)(=O)=O)cc1. The molecule has 0 amide bonds. The van der Waals surface area contributed by atoms with Crippen LogP contribution in [0, 0.1) is 0 Å². The van der Waals surface area contributed by atoms with Gasteiger partial charge in [-0.1, -0.05) is 0 Å². The zero-order chi connectivity index (χ0) is 12.9. The van der Waals surface area contributed by atoms with E-state index in [4.69, 9.17) is 10.9 Å². The molecule has 1 aromatic carbocycles. The number of sulfonamides is 1. The van der Waals surface area contributed by atoms with Gasteiger partial charge in [0.1, 0.15) is 0 Å². The molecule has 0 radical (unpaired) electrons. The summed E-state index contributed by atoms with van der Waals surface area (Å²) in [5.74, 6) is 0. The summed E-state index contributed by atoms with van der Waals surface area (Å²) in [6.45, 7) is 2.74. The highest BCUT2D eigenvalue weighted by molar-refractivity contribution is 7.89. The van der Waals surface area contributed by atoms with Crippen molar-refractivity contribution >= 4 is 15.7 Å². The van der Waals surface area contributed by atoms with E-state index in [1.54, 1.807) is 12.1 Å². The number of hydrogen-bond acceptors (Lipinski definition) is 4. The van der Waals surface area contributed by atoms with Gasteiger partial charge in [-0.3, -0.25) is 0 Å². The molecule has 0 aromatic heterocycles. The Morgan fingerprint density at radius 3 is 2.35 bits per heavy atom. The monoisotopic (exact) mass is 257 g/mol. The van der Waals surface area contributed by atoms with Crippen molar-refractivity contribution in [3.63, 3.8) is 0 Å². The number of anilines is 1. The van der Waals surface area contributed by atoms with Gasteiger partial charge in [0.05, 0.1) is 4.90 Å². The zero-order valence-corrected chi connectivity index (χ0v) is 10.7. The third-order valence-corrected chi connectivity index (χ3v) is 3.37. The normalized spacial score (nSPS) is 13.4. The minimum Gasteiger partial charge on any atom is -0.383 e. The van der Waals surface area contributed by atoms with Gasteiger partial charge in [-0.15, -0.1) is 0 Å². The molecule has 0 spiro atoms. The molecule has 0 bridgehead atoms. The van der Waals surface area contributed by atoms with E-state index >= 15 is 0 Å². The topological polar surface area (TPSA) is 98.2 Å². The van der Waals surface area contributed by atoms with Gasteiger partial charge in [0, 0.05) is 11.7 Å². The predicted octanol–water partition coefficient (Wildman–Crippen LogP) is 0.873. The first-order valence-electron chi connectivity index (χ1n) is 5.53. The molecular formula is C11H19N3O2S. The molecule has 6 heteroatoms. The Hall–Kier alpha value is -1.11. The quantitative estimate of drug-likeness (QED) is 0.704. The van der Waals surface area contributed by atoms with Crippen LogP contribution < -0.4 is 16.2 Å². The summed E-state index contributed by atoms with van der Waals surface area (Å²) >= 11 is 0. The van der Waals surface area contributed by atoms with Crippen LogP contribution in [0.4, 0.5) is 5.69 Å². The second kappa shape index (κ2) is 6.00. The summed E-state index contributed by atoms with van der Waals surface area (Å²) in [6.07, 6.45) is 1.94. The minimum absolute atomic E-state index is 0.123. The number of hydrogen-bond donors (Lipinski definition) is 3. The molecule has 1 unspecified atom stereocenters. The Balaban J connectivity index is 2.63. The van der Waals surface area contributed by atoms with Gasteiger partial charge in [0.2, 0.25) is 10.0 Å². The third kappa shape index (κ3) is 4.72. The van der Waals surface area contributed by atoms with Gasteiger partial charge in [0.15, 0.2) is 0 Å². The first-order chi connectivity index (χ1) is 7.93. The Morgan fingerprint density at radius 1 is 1.29 bits per heavy atom. The van der Waals surface area contributed by atoms with E-state index < -0.39 is 10.0 Å². The highest BCUT2D eigenvalue weighted by Crippen LogP contribution is 2.14. The molecule has 5 nitrogen and oxygen atoms in total. The number of nitrogens with one attached hydrogen (secondary N) is 1. The Labute approximate surface area is 102 Å². The van der Waals surface area contributed by atoms with Crippen LogP contribution in [-0.2, 0) is 10.0 Å². The zero-order valence-electron chi connectivity index (χ0n) is 9.89. The lowest BCUT2D eigenvalue weighted by Gasteiger charge is -2.14. The summed E-state index contributed by atoms with van der Waals surface area (Å²) in [7, 11) is -3.61. The van der Waals surface area contributed by atoms with Crippen LogP contribution >= 0.6 is 0 Å². The molecule has 5 N–H and O–H groups in total. The second-order valence-corrected chi connectivity index (χ2v) is 5.61. The lowest BCUT2D eigenvalue weighted by Crippen LogP contribution is -2.17. The van der Waals surface area contributed by atoms with Crippen molar-refractivity contribution in [3.8, 4) is 0 Å². The van der Waals surface area contributed by atoms with Crippen LogP contribution in [0.25, 0.3) is 0 Å². The molecule has 1 aromatic rings. The van der Waals surface area contributed by atoms with E-state index in [0.717, 1.165) is 18.5 Å². The van der Waals surface area contributed by atoms with Crippen molar-refractivity contribution in [2.45, 2.75) is 30.7 Å². The van der Waals surface area contributed by atoms with E-state index in [0.29, 0.717) is 12.6 Å². The van der Waals surface area contributed by atoms with Crippen molar-refractivity contribution in [2.24, 2.45) is 10.9 Å². The molecule has 0 aliphatic carbocycles. The van der Waals surface area contributed by atoms with E-state index in [1.165, 1.54) is 12.1 Å². The maximum Gasteiger partial charge on any atom is 0.238 e. The Bertz CT molecular complexity index is 442.